The first-order valence-corrected chi connectivity index (χ1v) is 7.05. The maximum atomic E-state index is 12.7. The molecule has 5 heteroatoms. The van der Waals surface area contributed by atoms with Crippen LogP contribution < -0.4 is 5.32 Å². The van der Waals surface area contributed by atoms with Gasteiger partial charge < -0.3 is 10.2 Å². The Balaban J connectivity index is 1.72. The van der Waals surface area contributed by atoms with Gasteiger partial charge in [0.25, 0.3) is 0 Å². The molecule has 0 radical (unpaired) electrons. The number of rotatable bonds is 3. The Morgan fingerprint density at radius 1 is 1.11 bits per heavy atom. The molecule has 0 amide bonds. The van der Waals surface area contributed by atoms with Gasteiger partial charge in [-0.05, 0) is 64.2 Å². The number of piperidine rings is 2. The third kappa shape index (κ3) is 4.12. The van der Waals surface area contributed by atoms with E-state index in [4.69, 9.17) is 0 Å². The van der Waals surface area contributed by atoms with Crippen molar-refractivity contribution in [2.24, 2.45) is 11.8 Å². The lowest BCUT2D eigenvalue weighted by Crippen LogP contribution is -2.42. The maximum Gasteiger partial charge on any atom is 0.393 e. The van der Waals surface area contributed by atoms with Crippen molar-refractivity contribution in [1.29, 1.82) is 0 Å². The van der Waals surface area contributed by atoms with Gasteiger partial charge in [-0.15, -0.1) is 0 Å². The highest BCUT2D eigenvalue weighted by molar-refractivity contribution is 4.79. The van der Waals surface area contributed by atoms with Crippen molar-refractivity contribution in [1.82, 2.24) is 10.2 Å². The predicted octanol–water partition coefficient (Wildman–Crippen LogP) is 2.65. The molecule has 1 atom stereocenters. The summed E-state index contributed by atoms with van der Waals surface area (Å²) in [6, 6.07) is 0. The van der Waals surface area contributed by atoms with Crippen LogP contribution in [0.15, 0.2) is 0 Å². The molecule has 2 saturated heterocycles. The molecule has 2 nitrogen and oxygen atoms in total. The Kier molecular flexibility index (Phi) is 4.90. The summed E-state index contributed by atoms with van der Waals surface area (Å²) in [6.45, 7) is 4.04. The lowest BCUT2D eigenvalue weighted by Gasteiger charge is -2.34. The van der Waals surface area contributed by atoms with Crippen molar-refractivity contribution < 1.29 is 13.2 Å². The van der Waals surface area contributed by atoms with Crippen molar-refractivity contribution in [3.05, 3.63) is 0 Å². The summed E-state index contributed by atoms with van der Waals surface area (Å²) in [5, 5.41) is 3.32. The maximum absolute atomic E-state index is 12.7. The van der Waals surface area contributed by atoms with E-state index in [0.29, 0.717) is 18.8 Å². The van der Waals surface area contributed by atoms with E-state index in [-0.39, 0.29) is 6.54 Å². The van der Waals surface area contributed by atoms with Crippen LogP contribution in [0, 0.1) is 11.8 Å². The average molecular weight is 264 g/mol. The Labute approximate surface area is 107 Å². The Morgan fingerprint density at radius 2 is 1.83 bits per heavy atom. The predicted molar refractivity (Wildman–Crippen MR) is 65.4 cm³/mol. The van der Waals surface area contributed by atoms with E-state index in [1.807, 2.05) is 4.90 Å². The zero-order valence-electron chi connectivity index (χ0n) is 10.8. The smallest absolute Gasteiger partial charge is 0.317 e. The van der Waals surface area contributed by atoms with Crippen LogP contribution in [0.5, 0.6) is 0 Å². The van der Waals surface area contributed by atoms with E-state index < -0.39 is 12.1 Å². The molecule has 1 N–H and O–H groups in total. The van der Waals surface area contributed by atoms with Gasteiger partial charge in [0.05, 0.1) is 5.92 Å². The molecule has 1 unspecified atom stereocenters. The summed E-state index contributed by atoms with van der Waals surface area (Å²) in [4.78, 5) is 2.02. The second kappa shape index (κ2) is 6.24. The zero-order valence-corrected chi connectivity index (χ0v) is 10.8. The van der Waals surface area contributed by atoms with Crippen molar-refractivity contribution in [2.45, 2.75) is 38.3 Å². The fourth-order valence-electron chi connectivity index (χ4n) is 3.06. The van der Waals surface area contributed by atoms with Crippen LogP contribution in [-0.4, -0.2) is 43.8 Å². The van der Waals surface area contributed by atoms with Crippen molar-refractivity contribution in [2.75, 3.05) is 32.7 Å². The van der Waals surface area contributed by atoms with Gasteiger partial charge in [0, 0.05) is 6.54 Å². The summed E-state index contributed by atoms with van der Waals surface area (Å²) in [5.74, 6) is -0.392. The van der Waals surface area contributed by atoms with Crippen LogP contribution in [0.2, 0.25) is 0 Å². The molecular formula is C13H23F3N2. The summed E-state index contributed by atoms with van der Waals surface area (Å²) in [7, 11) is 0. The van der Waals surface area contributed by atoms with Crippen LogP contribution in [0.25, 0.3) is 0 Å². The van der Waals surface area contributed by atoms with Crippen molar-refractivity contribution >= 4 is 0 Å². The number of nitrogens with zero attached hydrogens (tertiary/aromatic N) is 1. The monoisotopic (exact) mass is 264 g/mol. The number of nitrogens with one attached hydrogen (secondary N) is 1. The zero-order chi connectivity index (χ0) is 13.0. The fourth-order valence-corrected chi connectivity index (χ4v) is 3.06. The molecule has 2 rings (SSSR count). The molecule has 2 aliphatic heterocycles. The van der Waals surface area contributed by atoms with E-state index >= 15 is 0 Å². The lowest BCUT2D eigenvalue weighted by molar-refractivity contribution is -0.186. The van der Waals surface area contributed by atoms with Crippen LogP contribution in [-0.2, 0) is 0 Å². The second-order valence-electron chi connectivity index (χ2n) is 5.66. The molecule has 0 saturated carbocycles. The summed E-state index contributed by atoms with van der Waals surface area (Å²) < 4.78 is 38.0. The molecule has 0 spiro atoms. The highest BCUT2D eigenvalue weighted by atomic mass is 19.4. The third-order valence-corrected chi connectivity index (χ3v) is 4.28. The minimum Gasteiger partial charge on any atom is -0.317 e. The van der Waals surface area contributed by atoms with Gasteiger partial charge in [-0.1, -0.05) is 0 Å². The summed E-state index contributed by atoms with van der Waals surface area (Å²) in [6.07, 6.45) is 0.413. The molecule has 18 heavy (non-hydrogen) atoms. The Morgan fingerprint density at radius 3 is 2.50 bits per heavy atom. The number of hydrogen-bond acceptors (Lipinski definition) is 2. The molecule has 2 aliphatic rings. The summed E-state index contributed by atoms with van der Waals surface area (Å²) in [5.41, 5.74) is 0. The molecular weight excluding hydrogens is 241 g/mol. The van der Waals surface area contributed by atoms with Gasteiger partial charge in [-0.25, -0.2) is 0 Å². The minimum atomic E-state index is -4.01. The fraction of sp³-hybridized carbons (Fsp3) is 1.00. The molecule has 0 aromatic heterocycles. The first-order chi connectivity index (χ1) is 8.55. The number of hydrogen-bond donors (Lipinski definition) is 1. The minimum absolute atomic E-state index is 0.217. The molecule has 106 valence electrons. The van der Waals surface area contributed by atoms with E-state index in [2.05, 4.69) is 5.32 Å². The van der Waals surface area contributed by atoms with E-state index in [1.165, 1.54) is 12.8 Å². The molecule has 0 aromatic carbocycles. The number of alkyl halides is 3. The molecule has 2 fully saturated rings. The largest absolute Gasteiger partial charge is 0.393 e. The standard InChI is InChI=1S/C13H23F3N2/c14-13(15,16)12-2-1-8-18(10-12)9-5-11-3-6-17-7-4-11/h11-12,17H,1-10H2. The van der Waals surface area contributed by atoms with Crippen molar-refractivity contribution in [3.8, 4) is 0 Å². The first kappa shape index (κ1) is 14.1. The van der Waals surface area contributed by atoms with Crippen LogP contribution in [0.4, 0.5) is 13.2 Å². The molecule has 2 heterocycles. The molecule has 0 aliphatic carbocycles. The SMILES string of the molecule is FC(F)(F)C1CCCN(CCC2CCNCC2)C1. The average Bonchev–Trinajstić information content (AvgIpc) is 2.37. The van der Waals surface area contributed by atoms with Gasteiger partial charge in [-0.2, -0.15) is 13.2 Å². The third-order valence-electron chi connectivity index (χ3n) is 4.28. The highest BCUT2D eigenvalue weighted by Gasteiger charge is 2.41. The van der Waals surface area contributed by atoms with Crippen molar-refractivity contribution in [3.63, 3.8) is 0 Å². The van der Waals surface area contributed by atoms with E-state index in [9.17, 15) is 13.2 Å². The first-order valence-electron chi connectivity index (χ1n) is 7.05. The summed E-state index contributed by atoms with van der Waals surface area (Å²) >= 11 is 0. The van der Waals surface area contributed by atoms with Gasteiger partial charge in [-0.3, -0.25) is 0 Å². The van der Waals surface area contributed by atoms with Gasteiger partial charge >= 0.3 is 6.18 Å². The Hall–Kier alpha value is -0.290. The quantitative estimate of drug-likeness (QED) is 0.843. The van der Waals surface area contributed by atoms with E-state index in [1.54, 1.807) is 0 Å². The number of halogens is 3. The normalized spacial score (nSPS) is 28.5. The number of likely N-dealkylation sites (tertiary alicyclic amines) is 1. The Bertz CT molecular complexity index is 249. The lowest BCUT2D eigenvalue weighted by atomic mass is 9.93. The highest BCUT2D eigenvalue weighted by Crippen LogP contribution is 2.33. The molecule has 0 bridgehead atoms. The topological polar surface area (TPSA) is 15.3 Å². The van der Waals surface area contributed by atoms with Crippen LogP contribution in [0.3, 0.4) is 0 Å². The molecule has 0 aromatic rings. The van der Waals surface area contributed by atoms with Gasteiger partial charge in [0.15, 0.2) is 0 Å². The van der Waals surface area contributed by atoms with E-state index in [0.717, 1.165) is 32.6 Å². The van der Waals surface area contributed by atoms with Crippen LogP contribution >= 0.6 is 0 Å². The van der Waals surface area contributed by atoms with Crippen LogP contribution in [0.1, 0.15) is 32.1 Å². The second-order valence-corrected chi connectivity index (χ2v) is 5.66. The van der Waals surface area contributed by atoms with Gasteiger partial charge in [0.2, 0.25) is 0 Å². The van der Waals surface area contributed by atoms with Gasteiger partial charge in [0.1, 0.15) is 0 Å².